The van der Waals surface area contributed by atoms with Crippen molar-refractivity contribution in [3.63, 3.8) is 0 Å². The number of aliphatic carboxylic acids is 1. The first kappa shape index (κ1) is 17.2. The number of halogens is 2. The highest BCUT2D eigenvalue weighted by Gasteiger charge is 2.45. The number of carbonyl (C=O) groups excluding carboxylic acids is 1. The Morgan fingerprint density at radius 1 is 1.17 bits per heavy atom. The number of carbonyl (C=O) groups is 2. The van der Waals surface area contributed by atoms with E-state index in [-0.39, 0.29) is 11.3 Å². The standard InChI is InChI=1S/C16H19F2NO4/c1-19(16(14(21)22)9-3-2-4-10-16)13(20)11-5-7-12(8-6-11)23-15(17)18/h5-8,15H,2-4,9-10H2,1H3,(H,21,22). The largest absolute Gasteiger partial charge is 0.479 e. The van der Waals surface area contributed by atoms with E-state index in [0.717, 1.165) is 19.3 Å². The lowest BCUT2D eigenvalue weighted by atomic mass is 9.80. The van der Waals surface area contributed by atoms with Crippen LogP contribution in [0.5, 0.6) is 5.75 Å². The lowest BCUT2D eigenvalue weighted by molar-refractivity contribution is -0.151. The Kier molecular flexibility index (Phi) is 5.18. The molecular formula is C16H19F2NO4. The van der Waals surface area contributed by atoms with Crippen molar-refractivity contribution in [3.8, 4) is 5.75 Å². The molecule has 0 saturated heterocycles. The summed E-state index contributed by atoms with van der Waals surface area (Å²) < 4.78 is 28.5. The minimum absolute atomic E-state index is 0.0511. The molecule has 1 saturated carbocycles. The molecule has 1 N–H and O–H groups in total. The van der Waals surface area contributed by atoms with E-state index in [1.807, 2.05) is 0 Å². The molecule has 1 aliphatic rings. The molecule has 0 bridgehead atoms. The van der Waals surface area contributed by atoms with Gasteiger partial charge in [0, 0.05) is 12.6 Å². The molecule has 1 amide bonds. The molecule has 1 fully saturated rings. The number of benzene rings is 1. The Labute approximate surface area is 132 Å². The average molecular weight is 327 g/mol. The Hall–Kier alpha value is -2.18. The summed E-state index contributed by atoms with van der Waals surface area (Å²) >= 11 is 0. The highest BCUT2D eigenvalue weighted by Crippen LogP contribution is 2.34. The molecule has 0 radical (unpaired) electrons. The van der Waals surface area contributed by atoms with Gasteiger partial charge in [-0.1, -0.05) is 19.3 Å². The molecule has 2 rings (SSSR count). The molecule has 0 unspecified atom stereocenters. The Bertz CT molecular complexity index is 568. The van der Waals surface area contributed by atoms with Crippen LogP contribution in [0.2, 0.25) is 0 Å². The predicted molar refractivity (Wildman–Crippen MR) is 78.6 cm³/mol. The topological polar surface area (TPSA) is 66.8 Å². The van der Waals surface area contributed by atoms with Gasteiger partial charge >= 0.3 is 12.6 Å². The normalized spacial score (nSPS) is 16.9. The van der Waals surface area contributed by atoms with E-state index in [1.165, 1.54) is 36.2 Å². The summed E-state index contributed by atoms with van der Waals surface area (Å²) in [5, 5.41) is 9.60. The van der Waals surface area contributed by atoms with E-state index in [1.54, 1.807) is 0 Å². The Morgan fingerprint density at radius 2 is 1.74 bits per heavy atom. The zero-order chi connectivity index (χ0) is 17.0. The number of carboxylic acids is 1. The Balaban J connectivity index is 2.19. The fourth-order valence-corrected chi connectivity index (χ4v) is 3.00. The van der Waals surface area contributed by atoms with Crippen molar-refractivity contribution in [2.75, 3.05) is 7.05 Å². The van der Waals surface area contributed by atoms with Gasteiger partial charge in [-0.3, -0.25) is 4.79 Å². The summed E-state index contributed by atoms with van der Waals surface area (Å²) in [6.45, 7) is -2.93. The quantitative estimate of drug-likeness (QED) is 0.902. The zero-order valence-corrected chi connectivity index (χ0v) is 12.8. The van der Waals surface area contributed by atoms with Crippen LogP contribution >= 0.6 is 0 Å². The van der Waals surface area contributed by atoms with Crippen molar-refractivity contribution < 1.29 is 28.2 Å². The molecule has 0 spiro atoms. The van der Waals surface area contributed by atoms with Crippen molar-refractivity contribution in [1.29, 1.82) is 0 Å². The van der Waals surface area contributed by atoms with Crippen molar-refractivity contribution in [3.05, 3.63) is 29.8 Å². The number of rotatable bonds is 5. The van der Waals surface area contributed by atoms with Gasteiger partial charge in [0.2, 0.25) is 0 Å². The summed E-state index contributed by atoms with van der Waals surface area (Å²) in [6.07, 6.45) is 3.29. The number of carboxylic acid groups (broad SMARTS) is 1. The summed E-state index contributed by atoms with van der Waals surface area (Å²) in [5.41, 5.74) is -0.965. The van der Waals surface area contributed by atoms with Crippen LogP contribution in [0.3, 0.4) is 0 Å². The summed E-state index contributed by atoms with van der Waals surface area (Å²) in [5.74, 6) is -1.51. The van der Waals surface area contributed by atoms with E-state index < -0.39 is 24.0 Å². The number of nitrogens with zero attached hydrogens (tertiary/aromatic N) is 1. The van der Waals surface area contributed by atoms with Gasteiger partial charge in [-0.25, -0.2) is 4.79 Å². The highest BCUT2D eigenvalue weighted by atomic mass is 19.3. The van der Waals surface area contributed by atoms with Gasteiger partial charge in [0.05, 0.1) is 0 Å². The maximum atomic E-state index is 12.6. The molecule has 1 aromatic rings. The van der Waals surface area contributed by atoms with Crippen molar-refractivity contribution in [2.45, 2.75) is 44.3 Å². The third-order valence-electron chi connectivity index (χ3n) is 4.35. The smallest absolute Gasteiger partial charge is 0.387 e. The first-order chi connectivity index (χ1) is 10.9. The monoisotopic (exact) mass is 327 g/mol. The third kappa shape index (κ3) is 3.60. The zero-order valence-electron chi connectivity index (χ0n) is 12.8. The van der Waals surface area contributed by atoms with Crippen molar-refractivity contribution in [2.24, 2.45) is 0 Å². The lowest BCUT2D eigenvalue weighted by Crippen LogP contribution is -2.56. The number of hydrogen-bond donors (Lipinski definition) is 1. The van der Waals surface area contributed by atoms with Gasteiger partial charge in [-0.15, -0.1) is 0 Å². The third-order valence-corrected chi connectivity index (χ3v) is 4.35. The van der Waals surface area contributed by atoms with Crippen LogP contribution in [-0.4, -0.2) is 41.1 Å². The molecule has 1 aliphatic carbocycles. The summed E-state index contributed by atoms with van der Waals surface area (Å²) in [4.78, 5) is 25.6. The van der Waals surface area contributed by atoms with Crippen LogP contribution in [0.25, 0.3) is 0 Å². The first-order valence-electron chi connectivity index (χ1n) is 7.43. The average Bonchev–Trinajstić information content (AvgIpc) is 2.54. The summed E-state index contributed by atoms with van der Waals surface area (Å²) in [6, 6.07) is 5.24. The van der Waals surface area contributed by atoms with Crippen LogP contribution in [0.4, 0.5) is 8.78 Å². The van der Waals surface area contributed by atoms with Crippen LogP contribution in [0.1, 0.15) is 42.5 Å². The second kappa shape index (κ2) is 6.93. The number of likely N-dealkylation sites (N-methyl/N-ethyl adjacent to an activating group) is 1. The molecule has 0 aliphatic heterocycles. The molecule has 7 heteroatoms. The van der Waals surface area contributed by atoms with Gasteiger partial charge < -0.3 is 14.7 Å². The molecule has 5 nitrogen and oxygen atoms in total. The minimum atomic E-state index is -2.93. The second-order valence-electron chi connectivity index (χ2n) is 5.66. The molecule has 1 aromatic carbocycles. The van der Waals surface area contributed by atoms with Crippen LogP contribution in [-0.2, 0) is 4.79 Å². The van der Waals surface area contributed by atoms with Gasteiger partial charge in [0.25, 0.3) is 5.91 Å². The lowest BCUT2D eigenvalue weighted by Gasteiger charge is -2.41. The SMILES string of the molecule is CN(C(=O)c1ccc(OC(F)F)cc1)C1(C(=O)O)CCCCC1. The predicted octanol–water partition coefficient (Wildman–Crippen LogP) is 3.15. The highest BCUT2D eigenvalue weighted by molar-refractivity contribution is 5.97. The van der Waals surface area contributed by atoms with E-state index >= 15 is 0 Å². The number of ether oxygens (including phenoxy) is 1. The van der Waals surface area contributed by atoms with E-state index in [2.05, 4.69) is 4.74 Å². The van der Waals surface area contributed by atoms with Gasteiger partial charge in [0.15, 0.2) is 0 Å². The summed E-state index contributed by atoms with van der Waals surface area (Å²) in [7, 11) is 1.48. The fraction of sp³-hybridized carbons (Fsp3) is 0.500. The number of alkyl halides is 2. The van der Waals surface area contributed by atoms with E-state index in [9.17, 15) is 23.5 Å². The van der Waals surface area contributed by atoms with Gasteiger partial charge in [-0.05, 0) is 37.1 Å². The first-order valence-corrected chi connectivity index (χ1v) is 7.43. The van der Waals surface area contributed by atoms with Crippen molar-refractivity contribution >= 4 is 11.9 Å². The van der Waals surface area contributed by atoms with Crippen molar-refractivity contribution in [1.82, 2.24) is 4.90 Å². The Morgan fingerprint density at radius 3 is 2.22 bits per heavy atom. The fourth-order valence-electron chi connectivity index (χ4n) is 3.00. The molecule has 23 heavy (non-hydrogen) atoms. The van der Waals surface area contributed by atoms with Gasteiger partial charge in [-0.2, -0.15) is 8.78 Å². The maximum Gasteiger partial charge on any atom is 0.387 e. The van der Waals surface area contributed by atoms with Crippen LogP contribution < -0.4 is 4.74 Å². The molecule has 0 atom stereocenters. The molecule has 126 valence electrons. The van der Waals surface area contributed by atoms with Gasteiger partial charge in [0.1, 0.15) is 11.3 Å². The second-order valence-corrected chi connectivity index (χ2v) is 5.66. The maximum absolute atomic E-state index is 12.6. The molecule has 0 aromatic heterocycles. The minimum Gasteiger partial charge on any atom is -0.479 e. The molecular weight excluding hydrogens is 308 g/mol. The van der Waals surface area contributed by atoms with E-state index in [4.69, 9.17) is 0 Å². The van der Waals surface area contributed by atoms with Crippen LogP contribution in [0, 0.1) is 0 Å². The van der Waals surface area contributed by atoms with Crippen LogP contribution in [0.15, 0.2) is 24.3 Å². The molecule has 0 heterocycles. The number of amides is 1. The van der Waals surface area contributed by atoms with E-state index in [0.29, 0.717) is 12.8 Å². The number of hydrogen-bond acceptors (Lipinski definition) is 3.